The molecule has 0 aliphatic carbocycles. The summed E-state index contributed by atoms with van der Waals surface area (Å²) in [6.07, 6.45) is 0. The summed E-state index contributed by atoms with van der Waals surface area (Å²) in [5.41, 5.74) is 1.74. The molecular weight excluding hydrogens is 194 g/mol. The molecule has 3 heteroatoms. The summed E-state index contributed by atoms with van der Waals surface area (Å²) in [7, 11) is 1.66. The average molecular weight is 203 g/mol. The lowest BCUT2D eigenvalue weighted by atomic mass is 10.1. The highest BCUT2D eigenvalue weighted by molar-refractivity contribution is 7.17. The molecule has 0 bridgehead atoms. The molecule has 0 spiro atoms. The van der Waals surface area contributed by atoms with E-state index in [2.05, 4.69) is 6.07 Å². The first-order chi connectivity index (χ1) is 6.77. The third-order valence-corrected chi connectivity index (χ3v) is 3.15. The maximum atomic E-state index is 8.96. The summed E-state index contributed by atoms with van der Waals surface area (Å²) in [6, 6.07) is 6.07. The van der Waals surface area contributed by atoms with Crippen molar-refractivity contribution in [2.75, 3.05) is 7.11 Å². The van der Waals surface area contributed by atoms with Crippen molar-refractivity contribution in [3.8, 4) is 11.8 Å². The predicted molar refractivity (Wildman–Crippen MR) is 57.8 cm³/mol. The van der Waals surface area contributed by atoms with Crippen LogP contribution in [0.25, 0.3) is 10.1 Å². The van der Waals surface area contributed by atoms with Gasteiger partial charge in [0.2, 0.25) is 0 Å². The number of methoxy groups -OCH3 is 1. The second-order valence-electron chi connectivity index (χ2n) is 3.05. The smallest absolute Gasteiger partial charge is 0.130 e. The second kappa shape index (κ2) is 3.32. The molecule has 2 aromatic rings. The van der Waals surface area contributed by atoms with E-state index in [4.69, 9.17) is 10.00 Å². The maximum Gasteiger partial charge on any atom is 0.130 e. The first-order valence-electron chi connectivity index (χ1n) is 4.23. The van der Waals surface area contributed by atoms with Crippen LogP contribution in [-0.2, 0) is 0 Å². The number of aryl methyl sites for hydroxylation is 1. The van der Waals surface area contributed by atoms with Crippen molar-refractivity contribution in [3.05, 3.63) is 28.6 Å². The molecule has 0 atom stereocenters. The quantitative estimate of drug-likeness (QED) is 0.713. The number of ether oxygens (including phenoxy) is 1. The highest BCUT2D eigenvalue weighted by Gasteiger charge is 2.10. The highest BCUT2D eigenvalue weighted by Crippen LogP contribution is 2.35. The zero-order valence-electron chi connectivity index (χ0n) is 8.00. The molecule has 1 heterocycles. The van der Waals surface area contributed by atoms with Gasteiger partial charge in [-0.3, -0.25) is 0 Å². The van der Waals surface area contributed by atoms with E-state index in [1.165, 1.54) is 0 Å². The topological polar surface area (TPSA) is 33.0 Å². The summed E-state index contributed by atoms with van der Waals surface area (Å²) >= 11 is 1.57. The Morgan fingerprint density at radius 1 is 1.50 bits per heavy atom. The fraction of sp³-hybridized carbons (Fsp3) is 0.182. The van der Waals surface area contributed by atoms with Crippen molar-refractivity contribution in [2.45, 2.75) is 6.92 Å². The molecule has 0 amide bonds. The number of fused-ring (bicyclic) bond motifs is 1. The molecule has 0 saturated heterocycles. The lowest BCUT2D eigenvalue weighted by Gasteiger charge is -2.06. The SMILES string of the molecule is COc1c(C)cc(C#N)c2sccc12. The molecular formula is C11H9NOS. The summed E-state index contributed by atoms with van der Waals surface area (Å²) in [4.78, 5) is 0. The van der Waals surface area contributed by atoms with Crippen LogP contribution < -0.4 is 4.74 Å². The van der Waals surface area contributed by atoms with Gasteiger partial charge in [0, 0.05) is 5.39 Å². The van der Waals surface area contributed by atoms with Crippen LogP contribution in [0, 0.1) is 18.3 Å². The van der Waals surface area contributed by atoms with Gasteiger partial charge in [0.25, 0.3) is 0 Å². The Labute approximate surface area is 86.4 Å². The third kappa shape index (κ3) is 1.16. The van der Waals surface area contributed by atoms with Crippen molar-refractivity contribution in [1.29, 1.82) is 5.26 Å². The Morgan fingerprint density at radius 2 is 2.29 bits per heavy atom. The minimum atomic E-state index is 0.730. The van der Waals surface area contributed by atoms with Crippen LogP contribution >= 0.6 is 11.3 Å². The first-order valence-corrected chi connectivity index (χ1v) is 5.10. The fourth-order valence-corrected chi connectivity index (χ4v) is 2.47. The van der Waals surface area contributed by atoms with Gasteiger partial charge in [-0.2, -0.15) is 5.26 Å². The van der Waals surface area contributed by atoms with E-state index in [1.54, 1.807) is 18.4 Å². The van der Waals surface area contributed by atoms with Crippen LogP contribution in [0.5, 0.6) is 5.75 Å². The summed E-state index contributed by atoms with van der Waals surface area (Å²) in [6.45, 7) is 1.96. The molecule has 0 fully saturated rings. The minimum Gasteiger partial charge on any atom is -0.496 e. The highest BCUT2D eigenvalue weighted by atomic mass is 32.1. The largest absolute Gasteiger partial charge is 0.496 e. The maximum absolute atomic E-state index is 8.96. The van der Waals surface area contributed by atoms with Gasteiger partial charge >= 0.3 is 0 Å². The molecule has 2 nitrogen and oxygen atoms in total. The van der Waals surface area contributed by atoms with Crippen LogP contribution in [0.1, 0.15) is 11.1 Å². The molecule has 0 aliphatic rings. The number of nitrogens with zero attached hydrogens (tertiary/aromatic N) is 1. The van der Waals surface area contributed by atoms with Crippen molar-refractivity contribution in [1.82, 2.24) is 0 Å². The number of nitriles is 1. The number of benzene rings is 1. The fourth-order valence-electron chi connectivity index (χ4n) is 1.61. The Kier molecular flexibility index (Phi) is 2.14. The van der Waals surface area contributed by atoms with Gasteiger partial charge in [0.15, 0.2) is 0 Å². The Balaban J connectivity index is 2.90. The number of thiophene rings is 1. The lowest BCUT2D eigenvalue weighted by molar-refractivity contribution is 0.417. The van der Waals surface area contributed by atoms with E-state index in [9.17, 15) is 0 Å². The van der Waals surface area contributed by atoms with E-state index >= 15 is 0 Å². The van der Waals surface area contributed by atoms with Crippen LogP contribution in [0.4, 0.5) is 0 Å². The van der Waals surface area contributed by atoms with Crippen molar-refractivity contribution in [3.63, 3.8) is 0 Å². The van der Waals surface area contributed by atoms with Crippen molar-refractivity contribution in [2.24, 2.45) is 0 Å². The standard InChI is InChI=1S/C11H9NOS/c1-7-5-8(6-12)11-9(3-4-14-11)10(7)13-2/h3-5H,1-2H3. The summed E-state index contributed by atoms with van der Waals surface area (Å²) in [5, 5.41) is 12.0. The molecule has 14 heavy (non-hydrogen) atoms. The van der Waals surface area contributed by atoms with Gasteiger partial charge in [-0.05, 0) is 30.0 Å². The van der Waals surface area contributed by atoms with Crippen LogP contribution in [-0.4, -0.2) is 7.11 Å². The van der Waals surface area contributed by atoms with E-state index in [0.717, 1.165) is 27.0 Å². The van der Waals surface area contributed by atoms with Gasteiger partial charge < -0.3 is 4.74 Å². The van der Waals surface area contributed by atoms with Gasteiger partial charge in [-0.15, -0.1) is 11.3 Å². The van der Waals surface area contributed by atoms with Gasteiger partial charge in [0.1, 0.15) is 11.8 Å². The molecule has 1 aromatic carbocycles. The lowest BCUT2D eigenvalue weighted by Crippen LogP contribution is -1.89. The number of rotatable bonds is 1. The Morgan fingerprint density at radius 3 is 2.93 bits per heavy atom. The molecule has 70 valence electrons. The third-order valence-electron chi connectivity index (χ3n) is 2.20. The van der Waals surface area contributed by atoms with E-state index < -0.39 is 0 Å². The Bertz CT molecular complexity index is 522. The average Bonchev–Trinajstić information content (AvgIpc) is 2.65. The molecule has 1 aromatic heterocycles. The van der Waals surface area contributed by atoms with Crippen LogP contribution in [0.3, 0.4) is 0 Å². The van der Waals surface area contributed by atoms with Crippen molar-refractivity contribution < 1.29 is 4.74 Å². The predicted octanol–water partition coefficient (Wildman–Crippen LogP) is 3.09. The minimum absolute atomic E-state index is 0.730. The van der Waals surface area contributed by atoms with Crippen LogP contribution in [0.2, 0.25) is 0 Å². The van der Waals surface area contributed by atoms with Gasteiger partial charge in [-0.1, -0.05) is 0 Å². The summed E-state index contributed by atoms with van der Waals surface area (Å²) in [5.74, 6) is 0.875. The molecule has 0 aliphatic heterocycles. The number of hydrogen-bond acceptors (Lipinski definition) is 3. The molecule has 0 saturated carbocycles. The first kappa shape index (κ1) is 9.04. The zero-order chi connectivity index (χ0) is 10.1. The second-order valence-corrected chi connectivity index (χ2v) is 3.97. The van der Waals surface area contributed by atoms with Crippen LogP contribution in [0.15, 0.2) is 17.5 Å². The monoisotopic (exact) mass is 203 g/mol. The molecule has 0 unspecified atom stereocenters. The van der Waals surface area contributed by atoms with Crippen molar-refractivity contribution >= 4 is 21.4 Å². The summed E-state index contributed by atoms with van der Waals surface area (Å²) < 4.78 is 6.32. The Hall–Kier alpha value is -1.53. The normalized spacial score (nSPS) is 10.1. The molecule has 2 rings (SSSR count). The molecule has 0 radical (unpaired) electrons. The van der Waals surface area contributed by atoms with E-state index in [0.29, 0.717) is 0 Å². The van der Waals surface area contributed by atoms with E-state index in [-0.39, 0.29) is 0 Å². The number of hydrogen-bond donors (Lipinski definition) is 0. The molecule has 0 N–H and O–H groups in total. The van der Waals surface area contributed by atoms with E-state index in [1.807, 2.05) is 24.4 Å². The van der Waals surface area contributed by atoms with Gasteiger partial charge in [0.05, 0.1) is 17.4 Å². The zero-order valence-corrected chi connectivity index (χ0v) is 8.81. The van der Waals surface area contributed by atoms with Gasteiger partial charge in [-0.25, -0.2) is 0 Å².